The molecule has 3 rings (SSSR count). The van der Waals surface area contributed by atoms with Gasteiger partial charge in [0.15, 0.2) is 0 Å². The van der Waals surface area contributed by atoms with E-state index in [9.17, 15) is 9.59 Å². The van der Waals surface area contributed by atoms with E-state index < -0.39 is 6.04 Å². The first-order valence-corrected chi connectivity index (χ1v) is 6.63. The highest BCUT2D eigenvalue weighted by atomic mass is 16.2. The van der Waals surface area contributed by atoms with Crippen molar-refractivity contribution in [2.75, 3.05) is 10.6 Å². The van der Waals surface area contributed by atoms with Gasteiger partial charge in [-0.3, -0.25) is 14.9 Å². The zero-order chi connectivity index (χ0) is 15.0. The Morgan fingerprint density at radius 2 is 2.05 bits per heavy atom. The van der Waals surface area contributed by atoms with Crippen molar-refractivity contribution < 1.29 is 9.59 Å². The minimum Gasteiger partial charge on any atom is -0.324 e. The van der Waals surface area contributed by atoms with E-state index in [2.05, 4.69) is 20.7 Å². The molecule has 1 aliphatic heterocycles. The lowest BCUT2D eigenvalue weighted by molar-refractivity contribution is -0.125. The van der Waals surface area contributed by atoms with E-state index in [0.717, 1.165) is 5.56 Å². The van der Waals surface area contributed by atoms with Gasteiger partial charge in [-0.2, -0.15) is 10.1 Å². The molecule has 1 aromatic heterocycles. The van der Waals surface area contributed by atoms with Crippen molar-refractivity contribution in [1.82, 2.24) is 14.8 Å². The van der Waals surface area contributed by atoms with E-state index in [1.54, 1.807) is 6.92 Å². The molecule has 0 radical (unpaired) electrons. The summed E-state index contributed by atoms with van der Waals surface area (Å²) >= 11 is 0. The summed E-state index contributed by atoms with van der Waals surface area (Å²) in [5, 5.41) is 9.58. The molecule has 0 unspecified atom stereocenters. The number of benzene rings is 1. The van der Waals surface area contributed by atoms with E-state index >= 15 is 0 Å². The van der Waals surface area contributed by atoms with Crippen LogP contribution >= 0.6 is 0 Å². The minimum absolute atomic E-state index is 0.0491. The molecule has 21 heavy (non-hydrogen) atoms. The van der Waals surface area contributed by atoms with Crippen LogP contribution in [0.25, 0.3) is 0 Å². The zero-order valence-electron chi connectivity index (χ0n) is 11.8. The number of fused-ring (bicyclic) bond motifs is 1. The van der Waals surface area contributed by atoms with Gasteiger partial charge in [0.2, 0.25) is 17.8 Å². The highest BCUT2D eigenvalue weighted by Crippen LogP contribution is 2.24. The van der Waals surface area contributed by atoms with Crippen LogP contribution in [0.3, 0.4) is 0 Å². The number of anilines is 2. The molecular weight excluding hydrogens is 270 g/mol. The second-order valence-corrected chi connectivity index (χ2v) is 5.05. The Balaban J connectivity index is 1.84. The highest BCUT2D eigenvalue weighted by Gasteiger charge is 2.32. The summed E-state index contributed by atoms with van der Waals surface area (Å²) in [6.45, 7) is 3.69. The predicted molar refractivity (Wildman–Crippen MR) is 76.9 cm³/mol. The molecule has 2 aromatic rings. The SMILES string of the molecule is Cc1ccc(NC(=O)[C@@H]2CC(=O)Nc3nc(C)nn32)cc1. The molecule has 2 N–H and O–H groups in total. The number of hydrogen-bond acceptors (Lipinski definition) is 4. The number of aryl methyl sites for hydroxylation is 2. The van der Waals surface area contributed by atoms with Crippen molar-refractivity contribution in [3.63, 3.8) is 0 Å². The Morgan fingerprint density at radius 3 is 2.76 bits per heavy atom. The zero-order valence-corrected chi connectivity index (χ0v) is 11.8. The molecule has 1 aromatic carbocycles. The maximum atomic E-state index is 12.4. The lowest BCUT2D eigenvalue weighted by Gasteiger charge is -2.22. The van der Waals surface area contributed by atoms with Crippen molar-refractivity contribution in [1.29, 1.82) is 0 Å². The van der Waals surface area contributed by atoms with Crippen LogP contribution in [0.15, 0.2) is 24.3 Å². The smallest absolute Gasteiger partial charge is 0.249 e. The molecule has 2 amide bonds. The summed E-state index contributed by atoms with van der Waals surface area (Å²) in [4.78, 5) is 28.2. The summed E-state index contributed by atoms with van der Waals surface area (Å²) < 4.78 is 1.46. The number of nitrogens with zero attached hydrogens (tertiary/aromatic N) is 3. The molecule has 0 saturated carbocycles. The van der Waals surface area contributed by atoms with Gasteiger partial charge in [0.05, 0.1) is 6.42 Å². The monoisotopic (exact) mass is 285 g/mol. The number of nitrogens with one attached hydrogen (secondary N) is 2. The molecule has 0 saturated heterocycles. The van der Waals surface area contributed by atoms with Gasteiger partial charge in [0, 0.05) is 5.69 Å². The topological polar surface area (TPSA) is 88.9 Å². The molecule has 0 fully saturated rings. The third-order valence-electron chi connectivity index (χ3n) is 3.28. The minimum atomic E-state index is -0.684. The van der Waals surface area contributed by atoms with Crippen LogP contribution in [0, 0.1) is 13.8 Å². The number of hydrogen-bond donors (Lipinski definition) is 2. The quantitative estimate of drug-likeness (QED) is 0.873. The largest absolute Gasteiger partial charge is 0.324 e. The third kappa shape index (κ3) is 2.62. The van der Waals surface area contributed by atoms with Gasteiger partial charge in [-0.05, 0) is 26.0 Å². The van der Waals surface area contributed by atoms with E-state index in [0.29, 0.717) is 17.5 Å². The van der Waals surface area contributed by atoms with Gasteiger partial charge in [0.1, 0.15) is 11.9 Å². The third-order valence-corrected chi connectivity index (χ3v) is 3.28. The highest BCUT2D eigenvalue weighted by molar-refractivity contribution is 6.00. The Morgan fingerprint density at radius 1 is 1.33 bits per heavy atom. The lowest BCUT2D eigenvalue weighted by atomic mass is 10.1. The molecule has 1 aliphatic rings. The van der Waals surface area contributed by atoms with Crippen molar-refractivity contribution >= 4 is 23.5 Å². The van der Waals surface area contributed by atoms with E-state index in [-0.39, 0.29) is 18.2 Å². The number of carbonyl (C=O) groups excluding carboxylic acids is 2. The van der Waals surface area contributed by atoms with Crippen LogP contribution in [0.5, 0.6) is 0 Å². The maximum Gasteiger partial charge on any atom is 0.249 e. The van der Waals surface area contributed by atoms with Gasteiger partial charge in [-0.1, -0.05) is 17.7 Å². The fourth-order valence-corrected chi connectivity index (χ4v) is 2.24. The second-order valence-electron chi connectivity index (χ2n) is 5.05. The predicted octanol–water partition coefficient (Wildman–Crippen LogP) is 1.42. The first kappa shape index (κ1) is 13.3. The van der Waals surface area contributed by atoms with Gasteiger partial charge >= 0.3 is 0 Å². The number of carbonyl (C=O) groups is 2. The number of rotatable bonds is 2. The molecule has 0 spiro atoms. The van der Waals surface area contributed by atoms with Crippen molar-refractivity contribution in [3.8, 4) is 0 Å². The van der Waals surface area contributed by atoms with Crippen LogP contribution in [-0.4, -0.2) is 26.6 Å². The van der Waals surface area contributed by atoms with Crippen LogP contribution in [0.4, 0.5) is 11.6 Å². The molecule has 108 valence electrons. The first-order valence-electron chi connectivity index (χ1n) is 6.63. The molecule has 7 nitrogen and oxygen atoms in total. The Kier molecular flexibility index (Phi) is 3.17. The van der Waals surface area contributed by atoms with Gasteiger partial charge in [-0.15, -0.1) is 0 Å². The Bertz CT molecular complexity index is 705. The van der Waals surface area contributed by atoms with E-state index in [1.807, 2.05) is 31.2 Å². The lowest BCUT2D eigenvalue weighted by Crippen LogP contribution is -2.36. The summed E-state index contributed by atoms with van der Waals surface area (Å²) in [6, 6.07) is 6.78. The first-order chi connectivity index (χ1) is 10.0. The average Bonchev–Trinajstić information content (AvgIpc) is 2.80. The maximum absolute atomic E-state index is 12.4. The van der Waals surface area contributed by atoms with E-state index in [1.165, 1.54) is 4.68 Å². The molecule has 1 atom stereocenters. The second kappa shape index (κ2) is 5.01. The summed E-state index contributed by atoms with van der Waals surface area (Å²) in [6.07, 6.45) is 0.0491. The van der Waals surface area contributed by atoms with Gasteiger partial charge in [-0.25, -0.2) is 4.68 Å². The number of amides is 2. The van der Waals surface area contributed by atoms with E-state index in [4.69, 9.17) is 0 Å². The van der Waals surface area contributed by atoms with Crippen molar-refractivity contribution in [2.45, 2.75) is 26.3 Å². The van der Waals surface area contributed by atoms with Crippen LogP contribution in [0.1, 0.15) is 23.9 Å². The average molecular weight is 285 g/mol. The van der Waals surface area contributed by atoms with Crippen molar-refractivity contribution in [3.05, 3.63) is 35.7 Å². The van der Waals surface area contributed by atoms with Crippen LogP contribution in [-0.2, 0) is 9.59 Å². The number of aromatic nitrogens is 3. The molecular formula is C14H15N5O2. The van der Waals surface area contributed by atoms with Crippen LogP contribution in [0.2, 0.25) is 0 Å². The molecule has 0 bridgehead atoms. The Labute approximate surface area is 121 Å². The van der Waals surface area contributed by atoms with Crippen molar-refractivity contribution in [2.24, 2.45) is 0 Å². The summed E-state index contributed by atoms with van der Waals surface area (Å²) in [5.41, 5.74) is 1.80. The fraction of sp³-hybridized carbons (Fsp3) is 0.286. The summed E-state index contributed by atoms with van der Waals surface area (Å²) in [5.74, 6) is 0.312. The van der Waals surface area contributed by atoms with Gasteiger partial charge in [0.25, 0.3) is 0 Å². The fourth-order valence-electron chi connectivity index (χ4n) is 2.24. The van der Waals surface area contributed by atoms with Gasteiger partial charge < -0.3 is 5.32 Å². The standard InChI is InChI=1S/C14H15N5O2/c1-8-3-5-10(6-4-8)16-13(21)11-7-12(20)17-14-15-9(2)18-19(11)14/h3-6,11H,7H2,1-2H3,(H,16,21)(H,15,17,18,20)/t11-/m0/s1. The van der Waals surface area contributed by atoms with Crippen LogP contribution < -0.4 is 10.6 Å². The molecule has 7 heteroatoms. The molecule has 2 heterocycles. The normalized spacial score (nSPS) is 17.0. The summed E-state index contributed by atoms with van der Waals surface area (Å²) in [7, 11) is 0. The Hall–Kier alpha value is -2.70. The molecule has 0 aliphatic carbocycles.